The fourth-order valence-electron chi connectivity index (χ4n) is 3.06. The third-order valence-electron chi connectivity index (χ3n) is 4.41. The molecule has 0 amide bonds. The number of nitrogens with two attached hydrogens (primary N) is 2. The highest BCUT2D eigenvalue weighted by Crippen LogP contribution is 2.38. The molecule has 0 heterocycles. The summed E-state index contributed by atoms with van der Waals surface area (Å²) in [7, 11) is 3.19. The van der Waals surface area contributed by atoms with Crippen molar-refractivity contribution in [3.8, 4) is 17.2 Å². The molecular formula is C21H22N2O3. The largest absolute Gasteiger partial charge is 0.508 e. The first-order chi connectivity index (χ1) is 12.5. The summed E-state index contributed by atoms with van der Waals surface area (Å²) >= 11 is 0. The van der Waals surface area contributed by atoms with Gasteiger partial charge >= 0.3 is 0 Å². The molecule has 0 fully saturated rings. The van der Waals surface area contributed by atoms with Gasteiger partial charge in [0.2, 0.25) is 0 Å². The van der Waals surface area contributed by atoms with E-state index in [9.17, 15) is 5.11 Å². The first-order valence-corrected chi connectivity index (χ1v) is 8.19. The molecule has 0 atom stereocenters. The van der Waals surface area contributed by atoms with Gasteiger partial charge in [-0.15, -0.1) is 0 Å². The van der Waals surface area contributed by atoms with Gasteiger partial charge in [-0.05, 0) is 53.1 Å². The number of aromatic hydroxyl groups is 1. The molecule has 0 saturated carbocycles. The fraction of sp³-hybridized carbons (Fsp3) is 0.143. The van der Waals surface area contributed by atoms with E-state index in [2.05, 4.69) is 0 Å². The van der Waals surface area contributed by atoms with E-state index in [1.807, 2.05) is 48.5 Å². The Bertz CT molecular complexity index is 854. The normalized spacial score (nSPS) is 10.7. The van der Waals surface area contributed by atoms with Gasteiger partial charge in [-0.3, -0.25) is 0 Å². The number of phenolic OH excluding ortho intramolecular Hbond substituents is 1. The summed E-state index contributed by atoms with van der Waals surface area (Å²) in [4.78, 5) is 0. The van der Waals surface area contributed by atoms with Crippen molar-refractivity contribution in [3.63, 3.8) is 0 Å². The van der Waals surface area contributed by atoms with Gasteiger partial charge in [-0.25, -0.2) is 0 Å². The molecule has 0 spiro atoms. The van der Waals surface area contributed by atoms with Crippen molar-refractivity contribution in [3.05, 3.63) is 77.4 Å². The summed E-state index contributed by atoms with van der Waals surface area (Å²) in [5.41, 5.74) is 16.1. The van der Waals surface area contributed by atoms with Crippen molar-refractivity contribution in [2.75, 3.05) is 25.7 Å². The summed E-state index contributed by atoms with van der Waals surface area (Å²) in [6, 6.07) is 18.6. The van der Waals surface area contributed by atoms with Gasteiger partial charge in [-0.1, -0.05) is 24.3 Å². The first kappa shape index (κ1) is 17.5. The van der Waals surface area contributed by atoms with Gasteiger partial charge in [-0.2, -0.15) is 0 Å². The molecule has 5 N–H and O–H groups in total. The van der Waals surface area contributed by atoms with Crippen LogP contribution >= 0.6 is 0 Å². The number of ether oxygens (including phenoxy) is 2. The third kappa shape index (κ3) is 3.37. The molecule has 0 radical (unpaired) electrons. The maximum Gasteiger partial charge on any atom is 0.142 e. The van der Waals surface area contributed by atoms with Gasteiger partial charge in [0.15, 0.2) is 0 Å². The zero-order valence-electron chi connectivity index (χ0n) is 14.8. The van der Waals surface area contributed by atoms with Crippen LogP contribution in [-0.2, 0) is 0 Å². The molecule has 3 rings (SSSR count). The number of anilines is 2. The summed E-state index contributed by atoms with van der Waals surface area (Å²) in [6.07, 6.45) is 0. The molecule has 0 bridgehead atoms. The van der Waals surface area contributed by atoms with E-state index in [4.69, 9.17) is 20.9 Å². The van der Waals surface area contributed by atoms with Crippen LogP contribution in [0, 0.1) is 0 Å². The summed E-state index contributed by atoms with van der Waals surface area (Å²) < 4.78 is 10.8. The Labute approximate surface area is 152 Å². The van der Waals surface area contributed by atoms with Crippen molar-refractivity contribution in [2.24, 2.45) is 0 Å². The van der Waals surface area contributed by atoms with E-state index in [1.165, 1.54) is 0 Å². The number of benzene rings is 3. The average molecular weight is 350 g/mol. The molecule has 0 aliphatic rings. The van der Waals surface area contributed by atoms with Crippen molar-refractivity contribution < 1.29 is 14.6 Å². The zero-order valence-corrected chi connectivity index (χ0v) is 14.8. The molecular weight excluding hydrogens is 328 g/mol. The van der Waals surface area contributed by atoms with Crippen LogP contribution in [0.1, 0.15) is 22.6 Å². The van der Waals surface area contributed by atoms with E-state index in [0.29, 0.717) is 22.9 Å². The third-order valence-corrected chi connectivity index (χ3v) is 4.41. The Hall–Kier alpha value is -3.34. The lowest BCUT2D eigenvalue weighted by molar-refractivity contribution is 0.415. The minimum Gasteiger partial charge on any atom is -0.508 e. The molecule has 134 valence electrons. The highest BCUT2D eigenvalue weighted by molar-refractivity contribution is 5.60. The monoisotopic (exact) mass is 350 g/mol. The van der Waals surface area contributed by atoms with Crippen LogP contribution in [-0.4, -0.2) is 19.3 Å². The highest BCUT2D eigenvalue weighted by Gasteiger charge is 2.19. The summed E-state index contributed by atoms with van der Waals surface area (Å²) in [6.45, 7) is 0. The SMILES string of the molecule is COc1cc(C(c2ccc(O)cc2)c2ccc(N)c(OC)c2)ccc1N. The Morgan fingerprint density at radius 2 is 1.12 bits per heavy atom. The Kier molecular flexibility index (Phi) is 4.89. The molecule has 5 nitrogen and oxygen atoms in total. The molecule has 3 aromatic rings. The predicted octanol–water partition coefficient (Wildman–Crippen LogP) is 3.75. The number of hydrogen-bond acceptors (Lipinski definition) is 5. The molecule has 3 aromatic carbocycles. The fourth-order valence-corrected chi connectivity index (χ4v) is 3.06. The highest BCUT2D eigenvalue weighted by atomic mass is 16.5. The molecule has 0 aromatic heterocycles. The second-order valence-electron chi connectivity index (χ2n) is 6.03. The smallest absolute Gasteiger partial charge is 0.142 e. The lowest BCUT2D eigenvalue weighted by Gasteiger charge is -2.21. The second kappa shape index (κ2) is 7.27. The average Bonchev–Trinajstić information content (AvgIpc) is 2.66. The minimum atomic E-state index is -0.0976. The van der Waals surface area contributed by atoms with Crippen LogP contribution in [0.15, 0.2) is 60.7 Å². The molecule has 0 saturated heterocycles. The molecule has 5 heteroatoms. The number of hydrogen-bond donors (Lipinski definition) is 3. The lowest BCUT2D eigenvalue weighted by atomic mass is 9.84. The lowest BCUT2D eigenvalue weighted by Crippen LogP contribution is -2.06. The van der Waals surface area contributed by atoms with Gasteiger partial charge in [0, 0.05) is 5.92 Å². The number of methoxy groups -OCH3 is 2. The minimum absolute atomic E-state index is 0.0976. The summed E-state index contributed by atoms with van der Waals surface area (Å²) in [5.74, 6) is 1.36. The molecule has 0 aliphatic heterocycles. The second-order valence-corrected chi connectivity index (χ2v) is 6.03. The first-order valence-electron chi connectivity index (χ1n) is 8.19. The topological polar surface area (TPSA) is 90.7 Å². The van der Waals surface area contributed by atoms with Gasteiger partial charge in [0.1, 0.15) is 17.2 Å². The van der Waals surface area contributed by atoms with Crippen molar-refractivity contribution >= 4 is 11.4 Å². The Morgan fingerprint density at radius 1 is 0.692 bits per heavy atom. The van der Waals surface area contributed by atoms with E-state index < -0.39 is 0 Å². The quantitative estimate of drug-likeness (QED) is 0.481. The van der Waals surface area contributed by atoms with Crippen molar-refractivity contribution in [1.82, 2.24) is 0 Å². The molecule has 0 aliphatic carbocycles. The zero-order chi connectivity index (χ0) is 18.7. The van der Waals surface area contributed by atoms with E-state index >= 15 is 0 Å². The van der Waals surface area contributed by atoms with Crippen LogP contribution in [0.3, 0.4) is 0 Å². The molecule has 26 heavy (non-hydrogen) atoms. The van der Waals surface area contributed by atoms with Gasteiger partial charge < -0.3 is 26.0 Å². The van der Waals surface area contributed by atoms with E-state index in [0.717, 1.165) is 16.7 Å². The van der Waals surface area contributed by atoms with Crippen LogP contribution in [0.4, 0.5) is 11.4 Å². The number of nitrogen functional groups attached to an aromatic ring is 2. The van der Waals surface area contributed by atoms with Crippen LogP contribution in [0.2, 0.25) is 0 Å². The van der Waals surface area contributed by atoms with Crippen LogP contribution in [0.5, 0.6) is 17.2 Å². The molecule has 0 unspecified atom stereocenters. The van der Waals surface area contributed by atoms with Crippen LogP contribution in [0.25, 0.3) is 0 Å². The van der Waals surface area contributed by atoms with Gasteiger partial charge in [0.05, 0.1) is 25.6 Å². The summed E-state index contributed by atoms with van der Waals surface area (Å²) in [5, 5.41) is 9.64. The van der Waals surface area contributed by atoms with Crippen molar-refractivity contribution in [1.29, 1.82) is 0 Å². The van der Waals surface area contributed by atoms with E-state index in [1.54, 1.807) is 26.4 Å². The van der Waals surface area contributed by atoms with Crippen molar-refractivity contribution in [2.45, 2.75) is 5.92 Å². The maximum absolute atomic E-state index is 9.64. The Balaban J connectivity index is 2.18. The van der Waals surface area contributed by atoms with E-state index in [-0.39, 0.29) is 11.7 Å². The predicted molar refractivity (Wildman–Crippen MR) is 104 cm³/mol. The van der Waals surface area contributed by atoms with Gasteiger partial charge in [0.25, 0.3) is 0 Å². The maximum atomic E-state index is 9.64. The Morgan fingerprint density at radius 3 is 1.54 bits per heavy atom. The number of rotatable bonds is 5. The standard InChI is InChI=1S/C21H22N2O3/c1-25-19-11-14(5-9-17(19)22)21(13-3-7-16(24)8-4-13)15-6-10-18(23)20(12-15)26-2/h3-12,21,24H,22-23H2,1-2H3. The number of phenols is 1. The van der Waals surface area contributed by atoms with Crippen LogP contribution < -0.4 is 20.9 Å².